The number of rotatable bonds is 4. The minimum absolute atomic E-state index is 0.125. The number of thiazole rings is 1. The van der Waals surface area contributed by atoms with Crippen molar-refractivity contribution >= 4 is 42.6 Å². The Bertz CT molecular complexity index is 831. The van der Waals surface area contributed by atoms with Gasteiger partial charge in [0, 0.05) is 18.9 Å². The Balaban J connectivity index is 1.86. The fourth-order valence-electron chi connectivity index (χ4n) is 2.54. The van der Waals surface area contributed by atoms with Crippen LogP contribution >= 0.6 is 11.3 Å². The van der Waals surface area contributed by atoms with Crippen molar-refractivity contribution in [3.05, 3.63) is 18.2 Å². The maximum Gasteiger partial charge on any atom is 0.229 e. The first-order valence-corrected chi connectivity index (χ1v) is 9.14. The highest BCUT2D eigenvalue weighted by atomic mass is 32.2. The number of nitrogens with two attached hydrogens (primary N) is 1. The van der Waals surface area contributed by atoms with Gasteiger partial charge in [0.2, 0.25) is 15.9 Å². The average Bonchev–Trinajstić information content (AvgIpc) is 2.98. The highest BCUT2D eigenvalue weighted by Gasteiger charge is 2.34. The van der Waals surface area contributed by atoms with Crippen LogP contribution in [0.5, 0.6) is 5.75 Å². The molecule has 3 rings (SSSR count). The molecule has 22 heavy (non-hydrogen) atoms. The standard InChI is InChI=1S/C13H15N3O4S2/c1-20-9-2-3-10-11(5-9)21-13(15-10)16-6-8(4-12(16)17)7-22(14,18)19/h2-3,5,8H,4,6-7H2,1H3,(H2,14,18,19). The molecule has 1 aliphatic heterocycles. The third-order valence-electron chi connectivity index (χ3n) is 3.49. The van der Waals surface area contributed by atoms with Crippen LogP contribution in [0.1, 0.15) is 6.42 Å². The molecule has 2 N–H and O–H groups in total. The predicted octanol–water partition coefficient (Wildman–Crippen LogP) is 0.946. The molecule has 0 aliphatic carbocycles. The molecule has 9 heteroatoms. The van der Waals surface area contributed by atoms with E-state index in [1.165, 1.54) is 16.2 Å². The number of carbonyl (C=O) groups excluding carboxylic acids is 1. The second-order valence-electron chi connectivity index (χ2n) is 5.23. The van der Waals surface area contributed by atoms with E-state index in [4.69, 9.17) is 9.88 Å². The lowest BCUT2D eigenvalue weighted by Gasteiger charge is -2.12. The molecule has 1 aromatic carbocycles. The lowest BCUT2D eigenvalue weighted by atomic mass is 10.1. The number of amides is 1. The number of carbonyl (C=O) groups is 1. The van der Waals surface area contributed by atoms with Crippen molar-refractivity contribution < 1.29 is 17.9 Å². The van der Waals surface area contributed by atoms with Crippen LogP contribution in [0.2, 0.25) is 0 Å². The van der Waals surface area contributed by atoms with Crippen molar-refractivity contribution in [2.24, 2.45) is 11.1 Å². The van der Waals surface area contributed by atoms with E-state index >= 15 is 0 Å². The summed E-state index contributed by atoms with van der Waals surface area (Å²) in [7, 11) is -1.99. The van der Waals surface area contributed by atoms with Crippen LogP contribution in [0.25, 0.3) is 10.2 Å². The Morgan fingerprint density at radius 3 is 2.95 bits per heavy atom. The number of ether oxygens (including phenoxy) is 1. The molecule has 1 aliphatic rings. The molecule has 1 fully saturated rings. The van der Waals surface area contributed by atoms with E-state index < -0.39 is 10.0 Å². The van der Waals surface area contributed by atoms with Gasteiger partial charge in [-0.3, -0.25) is 9.69 Å². The van der Waals surface area contributed by atoms with Gasteiger partial charge >= 0.3 is 0 Å². The number of primary sulfonamides is 1. The second-order valence-corrected chi connectivity index (χ2v) is 7.90. The summed E-state index contributed by atoms with van der Waals surface area (Å²) >= 11 is 1.38. The van der Waals surface area contributed by atoms with Gasteiger partial charge in [-0.1, -0.05) is 11.3 Å². The lowest BCUT2D eigenvalue weighted by molar-refractivity contribution is -0.117. The van der Waals surface area contributed by atoms with Crippen LogP contribution < -0.4 is 14.8 Å². The van der Waals surface area contributed by atoms with Crippen molar-refractivity contribution in [3.63, 3.8) is 0 Å². The van der Waals surface area contributed by atoms with E-state index in [0.29, 0.717) is 11.7 Å². The monoisotopic (exact) mass is 341 g/mol. The number of sulfonamides is 1. The third kappa shape index (κ3) is 3.06. The summed E-state index contributed by atoms with van der Waals surface area (Å²) in [6, 6.07) is 5.50. The quantitative estimate of drug-likeness (QED) is 0.892. The first kappa shape index (κ1) is 15.2. The minimum atomic E-state index is -3.58. The Labute approximate surface area is 131 Å². The lowest BCUT2D eigenvalue weighted by Crippen LogP contribution is -2.27. The van der Waals surface area contributed by atoms with E-state index in [2.05, 4.69) is 4.98 Å². The van der Waals surface area contributed by atoms with Crippen LogP contribution in [-0.2, 0) is 14.8 Å². The van der Waals surface area contributed by atoms with Crippen LogP contribution in [0.15, 0.2) is 18.2 Å². The van der Waals surface area contributed by atoms with Gasteiger partial charge in [-0.15, -0.1) is 0 Å². The molecule has 0 radical (unpaired) electrons. The predicted molar refractivity (Wildman–Crippen MR) is 84.6 cm³/mol. The average molecular weight is 341 g/mol. The zero-order valence-corrected chi connectivity index (χ0v) is 13.5. The van der Waals surface area contributed by atoms with Crippen LogP contribution in [0.4, 0.5) is 5.13 Å². The van der Waals surface area contributed by atoms with Crippen molar-refractivity contribution in [2.75, 3.05) is 24.3 Å². The highest BCUT2D eigenvalue weighted by molar-refractivity contribution is 7.89. The zero-order valence-electron chi connectivity index (χ0n) is 11.9. The summed E-state index contributed by atoms with van der Waals surface area (Å²) in [5, 5.41) is 5.63. The molecule has 0 spiro atoms. The summed E-state index contributed by atoms with van der Waals surface area (Å²) in [4.78, 5) is 18.1. The number of methoxy groups -OCH3 is 1. The molecule has 1 saturated heterocycles. The molecule has 1 aromatic heterocycles. The van der Waals surface area contributed by atoms with Crippen molar-refractivity contribution in [1.29, 1.82) is 0 Å². The molecule has 2 heterocycles. The minimum Gasteiger partial charge on any atom is -0.497 e. The molecule has 1 atom stereocenters. The van der Waals surface area contributed by atoms with Crippen LogP contribution in [0.3, 0.4) is 0 Å². The number of aromatic nitrogens is 1. The largest absolute Gasteiger partial charge is 0.497 e. The van der Waals surface area contributed by atoms with Gasteiger partial charge in [-0.25, -0.2) is 18.5 Å². The van der Waals surface area contributed by atoms with E-state index in [-0.39, 0.29) is 24.0 Å². The zero-order chi connectivity index (χ0) is 15.9. The number of anilines is 1. The highest BCUT2D eigenvalue weighted by Crippen LogP contribution is 2.34. The van der Waals surface area contributed by atoms with E-state index in [0.717, 1.165) is 16.0 Å². The van der Waals surface area contributed by atoms with Gasteiger partial charge in [-0.2, -0.15) is 0 Å². The van der Waals surface area contributed by atoms with Gasteiger partial charge in [0.25, 0.3) is 0 Å². The van der Waals surface area contributed by atoms with Crippen molar-refractivity contribution in [2.45, 2.75) is 6.42 Å². The van der Waals surface area contributed by atoms with Crippen LogP contribution in [-0.4, -0.2) is 38.7 Å². The smallest absolute Gasteiger partial charge is 0.229 e. The van der Waals surface area contributed by atoms with Gasteiger partial charge in [0.1, 0.15) is 5.75 Å². The van der Waals surface area contributed by atoms with Crippen molar-refractivity contribution in [3.8, 4) is 5.75 Å². The Morgan fingerprint density at radius 2 is 2.27 bits per heavy atom. The maximum atomic E-state index is 12.1. The molecular weight excluding hydrogens is 326 g/mol. The Morgan fingerprint density at radius 1 is 1.50 bits per heavy atom. The molecular formula is C13H15N3O4S2. The summed E-state index contributed by atoms with van der Waals surface area (Å²) < 4.78 is 28.4. The topological polar surface area (TPSA) is 103 Å². The van der Waals surface area contributed by atoms with Gasteiger partial charge < -0.3 is 4.74 Å². The third-order valence-corrected chi connectivity index (χ3v) is 5.47. The summed E-state index contributed by atoms with van der Waals surface area (Å²) in [5.74, 6) is 0.125. The number of hydrogen-bond acceptors (Lipinski definition) is 6. The number of nitrogens with zero attached hydrogens (tertiary/aromatic N) is 2. The van der Waals surface area contributed by atoms with Gasteiger partial charge in [0.15, 0.2) is 5.13 Å². The molecule has 118 valence electrons. The van der Waals surface area contributed by atoms with Gasteiger partial charge in [0.05, 0.1) is 23.1 Å². The summed E-state index contributed by atoms with van der Waals surface area (Å²) in [6.07, 6.45) is 0.176. The summed E-state index contributed by atoms with van der Waals surface area (Å²) in [6.45, 7) is 0.326. The van der Waals surface area contributed by atoms with Crippen LogP contribution in [0, 0.1) is 5.92 Å². The fourth-order valence-corrected chi connectivity index (χ4v) is 4.44. The van der Waals surface area contributed by atoms with E-state index in [1.807, 2.05) is 12.1 Å². The molecule has 2 aromatic rings. The number of hydrogen-bond donors (Lipinski definition) is 1. The Hall–Kier alpha value is -1.71. The number of fused-ring (bicyclic) bond motifs is 1. The first-order chi connectivity index (χ1) is 10.4. The molecule has 0 bridgehead atoms. The Kier molecular flexibility index (Phi) is 3.79. The maximum absolute atomic E-state index is 12.1. The summed E-state index contributed by atoms with van der Waals surface area (Å²) in [5.41, 5.74) is 0.781. The fraction of sp³-hybridized carbons (Fsp3) is 0.385. The van der Waals surface area contributed by atoms with E-state index in [1.54, 1.807) is 13.2 Å². The SMILES string of the molecule is COc1ccc2nc(N3CC(CS(N)(=O)=O)CC3=O)sc2c1. The normalized spacial score (nSPS) is 19.1. The molecule has 7 nitrogen and oxygen atoms in total. The molecule has 1 amide bonds. The molecule has 0 saturated carbocycles. The van der Waals surface area contributed by atoms with E-state index in [9.17, 15) is 13.2 Å². The number of benzene rings is 1. The van der Waals surface area contributed by atoms with Crippen molar-refractivity contribution in [1.82, 2.24) is 4.98 Å². The first-order valence-electron chi connectivity index (χ1n) is 6.61. The second kappa shape index (κ2) is 5.49. The van der Waals surface area contributed by atoms with Gasteiger partial charge in [-0.05, 0) is 18.2 Å². The molecule has 1 unspecified atom stereocenters.